The number of nitrogens with zero attached hydrogens (tertiary/aromatic N) is 4. The van der Waals surface area contributed by atoms with Gasteiger partial charge in [-0.2, -0.15) is 0 Å². The lowest BCUT2D eigenvalue weighted by Gasteiger charge is -2.02. The number of nitrogens with two attached hydrogens (primary N) is 1. The molecule has 0 aliphatic heterocycles. The molecule has 0 radical (unpaired) electrons. The normalized spacial score (nSPS) is 10.6. The Morgan fingerprint density at radius 3 is 2.80 bits per heavy atom. The zero-order valence-corrected chi connectivity index (χ0v) is 9.07. The van der Waals surface area contributed by atoms with Crippen molar-refractivity contribution in [1.29, 1.82) is 0 Å². The van der Waals surface area contributed by atoms with E-state index in [0.29, 0.717) is 21.6 Å². The summed E-state index contributed by atoms with van der Waals surface area (Å²) in [5.41, 5.74) is 5.95. The van der Waals surface area contributed by atoms with E-state index in [2.05, 4.69) is 15.4 Å². The summed E-state index contributed by atoms with van der Waals surface area (Å²) in [6, 6.07) is 5.19. The molecule has 2 rings (SSSR count). The highest BCUT2D eigenvalue weighted by Crippen LogP contribution is 2.27. The third-order valence-corrected chi connectivity index (χ3v) is 2.59. The number of aromatic nitrogens is 4. The van der Waals surface area contributed by atoms with Crippen LogP contribution in [0.1, 0.15) is 5.82 Å². The number of rotatable bonds is 2. The lowest BCUT2D eigenvalue weighted by atomic mass is 10.3. The van der Waals surface area contributed by atoms with Gasteiger partial charge in [-0.15, -0.1) is 15.0 Å². The Bertz CT molecular complexity index is 482. The SMILES string of the molecule is NCc1nnn(-c2cccc(Cl)c2Cl)n1. The Balaban J connectivity index is 2.49. The van der Waals surface area contributed by atoms with Crippen molar-refractivity contribution in [2.45, 2.75) is 6.54 Å². The first kappa shape index (κ1) is 10.4. The molecule has 5 nitrogen and oxygen atoms in total. The number of hydrogen-bond acceptors (Lipinski definition) is 4. The van der Waals surface area contributed by atoms with Gasteiger partial charge in [0, 0.05) is 0 Å². The molecule has 0 bridgehead atoms. The van der Waals surface area contributed by atoms with Crippen LogP contribution in [-0.2, 0) is 6.54 Å². The predicted molar refractivity (Wildman–Crippen MR) is 57.1 cm³/mol. The number of benzene rings is 1. The second-order valence-corrected chi connectivity index (χ2v) is 3.56. The lowest BCUT2D eigenvalue weighted by Crippen LogP contribution is -2.02. The van der Waals surface area contributed by atoms with Crippen molar-refractivity contribution >= 4 is 23.2 Å². The minimum absolute atomic E-state index is 0.234. The molecular weight excluding hydrogens is 237 g/mol. The van der Waals surface area contributed by atoms with E-state index < -0.39 is 0 Å². The van der Waals surface area contributed by atoms with Crippen LogP contribution in [-0.4, -0.2) is 20.2 Å². The third-order valence-electron chi connectivity index (χ3n) is 1.78. The fraction of sp³-hybridized carbons (Fsp3) is 0.125. The maximum absolute atomic E-state index is 5.99. The van der Waals surface area contributed by atoms with Gasteiger partial charge in [-0.05, 0) is 17.3 Å². The highest BCUT2D eigenvalue weighted by atomic mass is 35.5. The molecular formula is C8H7Cl2N5. The van der Waals surface area contributed by atoms with Crippen LogP contribution in [0.3, 0.4) is 0 Å². The summed E-state index contributed by atoms with van der Waals surface area (Å²) in [6.07, 6.45) is 0. The molecule has 0 fully saturated rings. The Morgan fingerprint density at radius 2 is 2.13 bits per heavy atom. The first-order valence-electron chi connectivity index (χ1n) is 4.15. The maximum Gasteiger partial charge on any atom is 0.188 e. The summed E-state index contributed by atoms with van der Waals surface area (Å²) in [6.45, 7) is 0.234. The molecule has 1 aromatic heterocycles. The van der Waals surface area contributed by atoms with E-state index in [1.807, 2.05) is 0 Å². The van der Waals surface area contributed by atoms with Crippen molar-refractivity contribution in [2.24, 2.45) is 5.73 Å². The molecule has 1 heterocycles. The van der Waals surface area contributed by atoms with Crippen molar-refractivity contribution in [3.8, 4) is 5.69 Å². The highest BCUT2D eigenvalue weighted by Gasteiger charge is 2.09. The minimum Gasteiger partial charge on any atom is -0.324 e. The zero-order valence-electron chi connectivity index (χ0n) is 7.56. The van der Waals surface area contributed by atoms with Gasteiger partial charge in [-0.1, -0.05) is 29.3 Å². The Morgan fingerprint density at radius 1 is 1.33 bits per heavy atom. The van der Waals surface area contributed by atoms with Crippen LogP contribution in [0.15, 0.2) is 18.2 Å². The topological polar surface area (TPSA) is 69.6 Å². The van der Waals surface area contributed by atoms with Crippen LogP contribution < -0.4 is 5.73 Å². The van der Waals surface area contributed by atoms with Crippen LogP contribution in [0.5, 0.6) is 0 Å². The molecule has 1 aromatic carbocycles. The van der Waals surface area contributed by atoms with E-state index in [1.54, 1.807) is 18.2 Å². The third kappa shape index (κ3) is 1.94. The van der Waals surface area contributed by atoms with Crippen molar-refractivity contribution in [1.82, 2.24) is 20.2 Å². The van der Waals surface area contributed by atoms with Crippen LogP contribution in [0.4, 0.5) is 0 Å². The van der Waals surface area contributed by atoms with Gasteiger partial charge in [0.2, 0.25) is 0 Å². The summed E-state index contributed by atoms with van der Waals surface area (Å²) < 4.78 is 0. The van der Waals surface area contributed by atoms with Crippen LogP contribution in [0, 0.1) is 0 Å². The lowest BCUT2D eigenvalue weighted by molar-refractivity contribution is 0.717. The minimum atomic E-state index is 0.234. The van der Waals surface area contributed by atoms with Crippen LogP contribution in [0.2, 0.25) is 10.0 Å². The van der Waals surface area contributed by atoms with Crippen LogP contribution in [0.25, 0.3) is 5.69 Å². The van der Waals surface area contributed by atoms with Gasteiger partial charge in [0.05, 0.1) is 16.6 Å². The highest BCUT2D eigenvalue weighted by molar-refractivity contribution is 6.43. The Kier molecular flexibility index (Phi) is 2.86. The molecule has 0 saturated heterocycles. The molecule has 78 valence electrons. The monoisotopic (exact) mass is 243 g/mol. The number of tetrazole rings is 1. The largest absolute Gasteiger partial charge is 0.324 e. The van der Waals surface area contributed by atoms with Gasteiger partial charge in [-0.25, -0.2) is 0 Å². The van der Waals surface area contributed by atoms with E-state index in [0.717, 1.165) is 0 Å². The van der Waals surface area contributed by atoms with Crippen molar-refractivity contribution < 1.29 is 0 Å². The fourth-order valence-corrected chi connectivity index (χ4v) is 1.45. The van der Waals surface area contributed by atoms with E-state index in [1.165, 1.54) is 4.80 Å². The Labute approximate surface area is 95.8 Å². The summed E-state index contributed by atoms with van der Waals surface area (Å²) in [4.78, 5) is 1.30. The second kappa shape index (κ2) is 4.14. The van der Waals surface area contributed by atoms with Gasteiger partial charge < -0.3 is 5.73 Å². The van der Waals surface area contributed by atoms with Gasteiger partial charge in [0.1, 0.15) is 5.69 Å². The van der Waals surface area contributed by atoms with Gasteiger partial charge in [0.15, 0.2) is 5.82 Å². The van der Waals surface area contributed by atoms with Gasteiger partial charge >= 0.3 is 0 Å². The second-order valence-electron chi connectivity index (χ2n) is 2.77. The molecule has 0 amide bonds. The molecule has 0 unspecified atom stereocenters. The molecule has 0 atom stereocenters. The zero-order chi connectivity index (χ0) is 10.8. The summed E-state index contributed by atoms with van der Waals surface area (Å²) in [5, 5.41) is 12.4. The maximum atomic E-state index is 5.99. The van der Waals surface area contributed by atoms with Crippen molar-refractivity contribution in [2.75, 3.05) is 0 Å². The van der Waals surface area contributed by atoms with E-state index in [-0.39, 0.29) is 6.54 Å². The summed E-state index contributed by atoms with van der Waals surface area (Å²) in [7, 11) is 0. The fourth-order valence-electron chi connectivity index (χ4n) is 1.07. The molecule has 0 aliphatic rings. The molecule has 2 aromatic rings. The van der Waals surface area contributed by atoms with E-state index >= 15 is 0 Å². The first-order valence-corrected chi connectivity index (χ1v) is 4.91. The van der Waals surface area contributed by atoms with E-state index in [9.17, 15) is 0 Å². The Hall–Kier alpha value is -1.17. The molecule has 0 saturated carbocycles. The predicted octanol–water partition coefficient (Wildman–Crippen LogP) is 1.43. The molecule has 0 aliphatic carbocycles. The molecule has 7 heteroatoms. The van der Waals surface area contributed by atoms with Crippen molar-refractivity contribution in [3.63, 3.8) is 0 Å². The number of halogens is 2. The van der Waals surface area contributed by atoms with Gasteiger partial charge in [0.25, 0.3) is 0 Å². The van der Waals surface area contributed by atoms with E-state index in [4.69, 9.17) is 28.9 Å². The quantitative estimate of drug-likeness (QED) is 0.867. The first-order chi connectivity index (χ1) is 7.22. The van der Waals surface area contributed by atoms with Crippen molar-refractivity contribution in [3.05, 3.63) is 34.1 Å². The van der Waals surface area contributed by atoms with Gasteiger partial charge in [-0.3, -0.25) is 0 Å². The molecule has 2 N–H and O–H groups in total. The molecule has 15 heavy (non-hydrogen) atoms. The standard InChI is InChI=1S/C8H7Cl2N5/c9-5-2-1-3-6(8(5)10)15-13-7(4-11)12-14-15/h1-3H,4,11H2. The molecule has 0 spiro atoms. The number of hydrogen-bond donors (Lipinski definition) is 1. The average molecular weight is 244 g/mol. The summed E-state index contributed by atoms with van der Waals surface area (Å²) >= 11 is 11.8. The summed E-state index contributed by atoms with van der Waals surface area (Å²) in [5.74, 6) is 0.450. The van der Waals surface area contributed by atoms with Crippen LogP contribution >= 0.6 is 23.2 Å². The average Bonchev–Trinajstić information content (AvgIpc) is 2.70. The smallest absolute Gasteiger partial charge is 0.188 e.